The smallest absolute Gasteiger partial charge is 0.269 e. The number of primary amides is 1. The van der Waals surface area contributed by atoms with Gasteiger partial charge in [0.15, 0.2) is 0 Å². The van der Waals surface area contributed by atoms with Crippen molar-refractivity contribution < 1.29 is 19.7 Å². The Morgan fingerprint density at radius 2 is 2.18 bits per heavy atom. The first-order chi connectivity index (χ1) is 8.08. The van der Waals surface area contributed by atoms with E-state index in [9.17, 15) is 15.0 Å². The van der Waals surface area contributed by atoms with Crippen LogP contribution in [0.15, 0.2) is 6.33 Å². The Labute approximate surface area is 96.8 Å². The Kier molecular flexibility index (Phi) is 2.22. The summed E-state index contributed by atoms with van der Waals surface area (Å²) in [5.41, 5.74) is 6.10. The van der Waals surface area contributed by atoms with Gasteiger partial charge in [0.25, 0.3) is 5.91 Å². The van der Waals surface area contributed by atoms with Crippen LogP contribution in [0.25, 0.3) is 0 Å². The molecule has 7 heteroatoms. The minimum absolute atomic E-state index is 0.211. The third kappa shape index (κ3) is 1.47. The molecule has 1 fully saturated rings. The van der Waals surface area contributed by atoms with Gasteiger partial charge in [0.1, 0.15) is 24.0 Å². The standard InChI is InChI=1S/C10H13N3O4/c11-10(16)7-4-1-5-8(14)9(15)6(17-5)2-13(4)3-12-7/h3,5-6,8-9,14-15H,1-2H2,(H2,11,16)/t5?,6?,8?,9-/m1/s1. The van der Waals surface area contributed by atoms with E-state index >= 15 is 0 Å². The Morgan fingerprint density at radius 1 is 1.47 bits per heavy atom. The number of hydrogen-bond acceptors (Lipinski definition) is 5. The van der Waals surface area contributed by atoms with E-state index in [0.717, 1.165) is 0 Å². The Balaban J connectivity index is 2.01. The number of imidazole rings is 1. The van der Waals surface area contributed by atoms with Crippen molar-refractivity contribution >= 4 is 5.91 Å². The van der Waals surface area contributed by atoms with Crippen LogP contribution in [0.5, 0.6) is 0 Å². The Morgan fingerprint density at radius 3 is 2.88 bits per heavy atom. The molecular weight excluding hydrogens is 226 g/mol. The van der Waals surface area contributed by atoms with E-state index in [-0.39, 0.29) is 5.69 Å². The molecule has 3 rings (SSSR count). The average molecular weight is 239 g/mol. The van der Waals surface area contributed by atoms with Gasteiger partial charge >= 0.3 is 0 Å². The van der Waals surface area contributed by atoms with E-state index in [0.29, 0.717) is 18.7 Å². The molecule has 17 heavy (non-hydrogen) atoms. The second-order valence-corrected chi connectivity index (χ2v) is 4.45. The van der Waals surface area contributed by atoms with Crippen LogP contribution in [0.3, 0.4) is 0 Å². The summed E-state index contributed by atoms with van der Waals surface area (Å²) in [4.78, 5) is 15.1. The minimum Gasteiger partial charge on any atom is -0.388 e. The highest BCUT2D eigenvalue weighted by atomic mass is 16.5. The molecule has 3 unspecified atom stereocenters. The van der Waals surface area contributed by atoms with Crippen LogP contribution in [0.4, 0.5) is 0 Å². The van der Waals surface area contributed by atoms with E-state index in [1.165, 1.54) is 6.33 Å². The van der Waals surface area contributed by atoms with E-state index in [4.69, 9.17) is 10.5 Å². The van der Waals surface area contributed by atoms with Crippen molar-refractivity contribution in [2.45, 2.75) is 37.4 Å². The first kappa shape index (κ1) is 10.7. The lowest BCUT2D eigenvalue weighted by Gasteiger charge is -2.18. The summed E-state index contributed by atoms with van der Waals surface area (Å²) in [7, 11) is 0. The fourth-order valence-corrected chi connectivity index (χ4v) is 2.51. The van der Waals surface area contributed by atoms with Crippen LogP contribution in [0.1, 0.15) is 16.2 Å². The fraction of sp³-hybridized carbons (Fsp3) is 0.600. The number of ether oxygens (including phenoxy) is 1. The Hall–Kier alpha value is -1.44. The second-order valence-electron chi connectivity index (χ2n) is 4.45. The number of aliphatic hydroxyl groups excluding tert-OH is 2. The summed E-state index contributed by atoms with van der Waals surface area (Å²) < 4.78 is 7.27. The van der Waals surface area contributed by atoms with Crippen LogP contribution in [-0.4, -0.2) is 50.1 Å². The maximum atomic E-state index is 11.2. The predicted molar refractivity (Wildman–Crippen MR) is 55.1 cm³/mol. The number of nitrogens with zero attached hydrogens (tertiary/aromatic N) is 2. The molecule has 0 spiro atoms. The molecule has 7 nitrogen and oxygen atoms in total. The molecular formula is C10H13N3O4. The molecule has 1 aromatic rings. The Bertz CT molecular complexity index is 472. The van der Waals surface area contributed by atoms with E-state index in [1.807, 2.05) is 0 Å². The molecule has 4 atom stereocenters. The largest absolute Gasteiger partial charge is 0.388 e. The van der Waals surface area contributed by atoms with Gasteiger partial charge in [-0.1, -0.05) is 0 Å². The zero-order chi connectivity index (χ0) is 12.2. The molecule has 92 valence electrons. The maximum Gasteiger partial charge on any atom is 0.269 e. The van der Waals surface area contributed by atoms with Crippen LogP contribution in [0, 0.1) is 0 Å². The average Bonchev–Trinajstić information content (AvgIpc) is 2.70. The van der Waals surface area contributed by atoms with Crippen LogP contribution < -0.4 is 5.73 Å². The number of rotatable bonds is 1. The molecule has 3 heterocycles. The number of carbonyl (C=O) groups excluding carboxylic acids is 1. The van der Waals surface area contributed by atoms with Gasteiger partial charge in [-0.3, -0.25) is 4.79 Å². The molecule has 1 aromatic heterocycles. The molecule has 1 saturated heterocycles. The fourth-order valence-electron chi connectivity index (χ4n) is 2.51. The van der Waals surface area contributed by atoms with Gasteiger partial charge in [0.2, 0.25) is 0 Å². The lowest BCUT2D eigenvalue weighted by Crippen LogP contribution is -2.37. The highest BCUT2D eigenvalue weighted by molar-refractivity contribution is 5.92. The molecule has 1 amide bonds. The minimum atomic E-state index is -0.927. The van der Waals surface area contributed by atoms with Crippen molar-refractivity contribution in [3.63, 3.8) is 0 Å². The lowest BCUT2D eigenvalue weighted by atomic mass is 10.0. The van der Waals surface area contributed by atoms with E-state index in [2.05, 4.69) is 4.98 Å². The first-order valence-electron chi connectivity index (χ1n) is 5.43. The SMILES string of the molecule is NC(=O)c1ncn2c1CC1OC(C2)[C@@H](O)C1O. The van der Waals surface area contributed by atoms with Crippen molar-refractivity contribution in [2.24, 2.45) is 5.73 Å². The normalized spacial score (nSPS) is 35.4. The summed E-state index contributed by atoms with van der Waals surface area (Å²) in [6, 6.07) is 0. The van der Waals surface area contributed by atoms with Gasteiger partial charge in [-0.2, -0.15) is 0 Å². The van der Waals surface area contributed by atoms with Crippen molar-refractivity contribution in [3.05, 3.63) is 17.7 Å². The number of hydrogen-bond donors (Lipinski definition) is 3. The van der Waals surface area contributed by atoms with Gasteiger partial charge in [-0.25, -0.2) is 4.98 Å². The zero-order valence-corrected chi connectivity index (χ0v) is 8.98. The van der Waals surface area contributed by atoms with Crippen LogP contribution >= 0.6 is 0 Å². The molecule has 2 aliphatic rings. The number of amides is 1. The second kappa shape index (κ2) is 3.52. The summed E-state index contributed by atoms with van der Waals surface area (Å²) in [5, 5.41) is 19.5. The quantitative estimate of drug-likeness (QED) is 0.526. The van der Waals surface area contributed by atoms with E-state index < -0.39 is 30.3 Å². The zero-order valence-electron chi connectivity index (χ0n) is 8.98. The number of aromatic nitrogens is 2. The van der Waals surface area contributed by atoms with Gasteiger partial charge in [0.05, 0.1) is 24.7 Å². The molecule has 0 saturated carbocycles. The van der Waals surface area contributed by atoms with Crippen LogP contribution in [0.2, 0.25) is 0 Å². The van der Waals surface area contributed by atoms with Gasteiger partial charge < -0.3 is 25.3 Å². The maximum absolute atomic E-state index is 11.2. The van der Waals surface area contributed by atoms with Crippen molar-refractivity contribution in [2.75, 3.05) is 0 Å². The molecule has 2 aliphatic heterocycles. The number of aliphatic hydroxyl groups is 2. The van der Waals surface area contributed by atoms with Gasteiger partial charge in [-0.05, 0) is 0 Å². The molecule has 0 aromatic carbocycles. The van der Waals surface area contributed by atoms with Crippen molar-refractivity contribution in [1.29, 1.82) is 0 Å². The van der Waals surface area contributed by atoms with Crippen LogP contribution in [-0.2, 0) is 17.7 Å². The van der Waals surface area contributed by atoms with Crippen molar-refractivity contribution in [1.82, 2.24) is 9.55 Å². The highest BCUT2D eigenvalue weighted by Crippen LogP contribution is 2.29. The third-order valence-electron chi connectivity index (χ3n) is 3.41. The predicted octanol–water partition coefficient (Wildman–Crippen LogP) is -1.97. The lowest BCUT2D eigenvalue weighted by molar-refractivity contribution is 0.00829. The van der Waals surface area contributed by atoms with Crippen molar-refractivity contribution in [3.8, 4) is 0 Å². The topological polar surface area (TPSA) is 111 Å². The third-order valence-corrected chi connectivity index (χ3v) is 3.41. The number of fused-ring (bicyclic) bond motifs is 3. The molecule has 0 radical (unpaired) electrons. The summed E-state index contributed by atoms with van der Waals surface area (Å²) >= 11 is 0. The van der Waals surface area contributed by atoms with Gasteiger partial charge in [0, 0.05) is 6.42 Å². The number of nitrogens with two attached hydrogens (primary N) is 1. The first-order valence-corrected chi connectivity index (χ1v) is 5.43. The molecule has 2 bridgehead atoms. The van der Waals surface area contributed by atoms with E-state index in [1.54, 1.807) is 4.57 Å². The summed E-state index contributed by atoms with van der Waals surface area (Å²) in [5.74, 6) is -0.591. The molecule has 0 aliphatic carbocycles. The summed E-state index contributed by atoms with van der Waals surface area (Å²) in [6.07, 6.45) is -0.958. The van der Waals surface area contributed by atoms with Gasteiger partial charge in [-0.15, -0.1) is 0 Å². The monoisotopic (exact) mass is 239 g/mol. The summed E-state index contributed by atoms with van der Waals surface area (Å²) in [6.45, 7) is 0.365. The number of carbonyl (C=O) groups is 1. The molecule has 4 N–H and O–H groups in total. The highest BCUT2D eigenvalue weighted by Gasteiger charge is 2.45.